The summed E-state index contributed by atoms with van der Waals surface area (Å²) in [5, 5.41) is 1.63. The molecule has 1 N–H and O–H groups in total. The third kappa shape index (κ3) is 4.29. The average molecular weight is 289 g/mol. The second kappa shape index (κ2) is 6.72. The maximum absolute atomic E-state index is 12.0. The minimum Gasteiger partial charge on any atom is -0.335 e. The van der Waals surface area contributed by atoms with Crippen LogP contribution in [-0.2, 0) is 16.1 Å². The molecule has 1 atom stereocenters. The maximum atomic E-state index is 12.0. The Kier molecular flexibility index (Phi) is 4.96. The third-order valence-electron chi connectivity index (χ3n) is 3.70. The Balaban J connectivity index is 1.99. The molecule has 1 saturated heterocycles. The zero-order valence-corrected chi connectivity index (χ0v) is 12.9. The summed E-state index contributed by atoms with van der Waals surface area (Å²) in [4.78, 5) is 25.7. The monoisotopic (exact) mass is 289 g/mol. The van der Waals surface area contributed by atoms with E-state index in [1.807, 2.05) is 36.1 Å². The summed E-state index contributed by atoms with van der Waals surface area (Å²) in [6, 6.07) is 8.17. The average Bonchev–Trinajstić information content (AvgIpc) is 2.73. The van der Waals surface area contributed by atoms with Gasteiger partial charge in [-0.2, -0.15) is 0 Å². The molecule has 0 saturated carbocycles. The lowest BCUT2D eigenvalue weighted by Gasteiger charge is -2.25. The van der Waals surface area contributed by atoms with E-state index in [1.54, 1.807) is 19.1 Å². The van der Waals surface area contributed by atoms with Gasteiger partial charge in [-0.15, -0.1) is 0 Å². The third-order valence-corrected chi connectivity index (χ3v) is 3.70. The van der Waals surface area contributed by atoms with E-state index in [-0.39, 0.29) is 17.9 Å². The number of likely N-dealkylation sites (tertiary alicyclic amines) is 1. The lowest BCUT2D eigenvalue weighted by Crippen LogP contribution is -2.41. The standard InChI is InChI=1S/C16H23N3O2/c1-12-4-6-13(7-5-12)11-19-14(8-9-16(19)21)10-15(20)17-18(2)3/h4-7,14H,8-11H2,1-3H3,(H,17,20). The molecule has 2 amide bonds. The highest BCUT2D eigenvalue weighted by Crippen LogP contribution is 2.24. The van der Waals surface area contributed by atoms with Crippen LogP contribution in [0, 0.1) is 6.92 Å². The van der Waals surface area contributed by atoms with Gasteiger partial charge in [0.15, 0.2) is 0 Å². The van der Waals surface area contributed by atoms with Crippen molar-refractivity contribution in [1.82, 2.24) is 15.3 Å². The highest BCUT2D eigenvalue weighted by Gasteiger charge is 2.32. The number of nitrogens with one attached hydrogen (secondary N) is 1. The van der Waals surface area contributed by atoms with Gasteiger partial charge in [-0.05, 0) is 18.9 Å². The minimum atomic E-state index is -0.0476. The van der Waals surface area contributed by atoms with Crippen LogP contribution in [0.25, 0.3) is 0 Å². The van der Waals surface area contributed by atoms with Gasteiger partial charge in [-0.1, -0.05) is 29.8 Å². The first-order valence-corrected chi connectivity index (χ1v) is 7.27. The largest absolute Gasteiger partial charge is 0.335 e. The first kappa shape index (κ1) is 15.5. The molecular formula is C16H23N3O2. The van der Waals surface area contributed by atoms with E-state index in [0.29, 0.717) is 19.4 Å². The Morgan fingerprint density at radius 1 is 1.33 bits per heavy atom. The van der Waals surface area contributed by atoms with Crippen molar-refractivity contribution in [3.63, 3.8) is 0 Å². The van der Waals surface area contributed by atoms with Crippen molar-refractivity contribution in [2.24, 2.45) is 0 Å². The van der Waals surface area contributed by atoms with Gasteiger partial charge in [0, 0.05) is 39.5 Å². The predicted octanol–water partition coefficient (Wildman–Crippen LogP) is 1.47. The van der Waals surface area contributed by atoms with Crippen LogP contribution in [0.2, 0.25) is 0 Å². The molecule has 2 rings (SSSR count). The van der Waals surface area contributed by atoms with Crippen LogP contribution in [0.1, 0.15) is 30.4 Å². The fourth-order valence-corrected chi connectivity index (χ4v) is 2.62. The molecule has 1 aromatic carbocycles. The number of carbonyl (C=O) groups excluding carboxylic acids is 2. The molecule has 114 valence electrons. The molecule has 21 heavy (non-hydrogen) atoms. The Morgan fingerprint density at radius 3 is 2.62 bits per heavy atom. The van der Waals surface area contributed by atoms with Crippen molar-refractivity contribution in [3.05, 3.63) is 35.4 Å². The summed E-state index contributed by atoms with van der Waals surface area (Å²) in [5.74, 6) is 0.0897. The molecule has 0 spiro atoms. The molecule has 5 heteroatoms. The van der Waals surface area contributed by atoms with Gasteiger partial charge in [0.05, 0.1) is 0 Å². The summed E-state index contributed by atoms with van der Waals surface area (Å²) in [6.45, 7) is 2.62. The zero-order valence-electron chi connectivity index (χ0n) is 12.9. The normalized spacial score (nSPS) is 18.4. The molecule has 1 aliphatic heterocycles. The van der Waals surface area contributed by atoms with E-state index in [1.165, 1.54) is 5.56 Å². The molecule has 1 fully saturated rings. The van der Waals surface area contributed by atoms with Gasteiger partial charge >= 0.3 is 0 Å². The number of rotatable bonds is 5. The summed E-state index contributed by atoms with van der Waals surface area (Å²) < 4.78 is 0. The summed E-state index contributed by atoms with van der Waals surface area (Å²) in [6.07, 6.45) is 1.65. The van der Waals surface area contributed by atoms with Crippen LogP contribution >= 0.6 is 0 Å². The number of amides is 2. The zero-order chi connectivity index (χ0) is 15.4. The quantitative estimate of drug-likeness (QED) is 0.835. The minimum absolute atomic E-state index is 0.00115. The molecule has 0 radical (unpaired) electrons. The number of hydrazine groups is 1. The van der Waals surface area contributed by atoms with Crippen molar-refractivity contribution in [1.29, 1.82) is 0 Å². The second-order valence-corrected chi connectivity index (χ2v) is 5.83. The summed E-state index contributed by atoms with van der Waals surface area (Å²) in [7, 11) is 3.56. The van der Waals surface area contributed by atoms with Crippen molar-refractivity contribution < 1.29 is 9.59 Å². The molecule has 1 heterocycles. The van der Waals surface area contributed by atoms with Gasteiger partial charge in [-0.25, -0.2) is 5.01 Å². The Hall–Kier alpha value is -1.88. The molecule has 1 aliphatic rings. The van der Waals surface area contributed by atoms with Gasteiger partial charge in [0.25, 0.3) is 0 Å². The van der Waals surface area contributed by atoms with E-state index >= 15 is 0 Å². The summed E-state index contributed by atoms with van der Waals surface area (Å²) in [5.41, 5.74) is 5.04. The SMILES string of the molecule is Cc1ccc(CN2C(=O)CCC2CC(=O)NN(C)C)cc1. The van der Waals surface area contributed by atoms with Crippen LogP contribution < -0.4 is 5.43 Å². The number of hydrogen-bond acceptors (Lipinski definition) is 3. The van der Waals surface area contributed by atoms with Crippen molar-refractivity contribution in [2.75, 3.05) is 14.1 Å². The highest BCUT2D eigenvalue weighted by molar-refractivity contribution is 5.81. The second-order valence-electron chi connectivity index (χ2n) is 5.83. The number of aryl methyl sites for hydroxylation is 1. The molecule has 1 unspecified atom stereocenters. The first-order valence-electron chi connectivity index (χ1n) is 7.27. The fraction of sp³-hybridized carbons (Fsp3) is 0.500. The molecule has 5 nitrogen and oxygen atoms in total. The number of benzene rings is 1. The molecule has 0 aromatic heterocycles. The van der Waals surface area contributed by atoms with Crippen molar-refractivity contribution >= 4 is 11.8 Å². The van der Waals surface area contributed by atoms with Crippen molar-refractivity contribution in [2.45, 2.75) is 38.8 Å². The topological polar surface area (TPSA) is 52.7 Å². The maximum Gasteiger partial charge on any atom is 0.236 e. The van der Waals surface area contributed by atoms with E-state index in [0.717, 1.165) is 12.0 Å². The Bertz CT molecular complexity index is 511. The molecule has 1 aromatic rings. The van der Waals surface area contributed by atoms with E-state index in [2.05, 4.69) is 5.43 Å². The Labute approximate surface area is 125 Å². The van der Waals surface area contributed by atoms with Crippen LogP contribution in [0.4, 0.5) is 0 Å². The van der Waals surface area contributed by atoms with E-state index in [4.69, 9.17) is 0 Å². The van der Waals surface area contributed by atoms with Crippen LogP contribution in [0.15, 0.2) is 24.3 Å². The Morgan fingerprint density at radius 2 is 2.00 bits per heavy atom. The lowest BCUT2D eigenvalue weighted by atomic mass is 10.1. The number of hydrogen-bond donors (Lipinski definition) is 1. The molecular weight excluding hydrogens is 266 g/mol. The highest BCUT2D eigenvalue weighted by atomic mass is 16.2. The molecule has 0 bridgehead atoms. The van der Waals surface area contributed by atoms with Gasteiger partial charge in [0.1, 0.15) is 0 Å². The van der Waals surface area contributed by atoms with Crippen molar-refractivity contribution in [3.8, 4) is 0 Å². The number of carbonyl (C=O) groups is 2. The van der Waals surface area contributed by atoms with Crippen LogP contribution in [0.5, 0.6) is 0 Å². The first-order chi connectivity index (χ1) is 9.95. The van der Waals surface area contributed by atoms with Gasteiger partial charge < -0.3 is 4.90 Å². The van der Waals surface area contributed by atoms with Crippen LogP contribution in [0.3, 0.4) is 0 Å². The number of nitrogens with zero attached hydrogens (tertiary/aromatic N) is 2. The molecule has 0 aliphatic carbocycles. The van der Waals surface area contributed by atoms with Crippen LogP contribution in [-0.4, -0.2) is 41.9 Å². The lowest BCUT2D eigenvalue weighted by molar-refractivity contribution is -0.131. The smallest absolute Gasteiger partial charge is 0.236 e. The fourth-order valence-electron chi connectivity index (χ4n) is 2.62. The van der Waals surface area contributed by atoms with Gasteiger partial charge in [0.2, 0.25) is 11.8 Å². The van der Waals surface area contributed by atoms with E-state index in [9.17, 15) is 9.59 Å². The van der Waals surface area contributed by atoms with Gasteiger partial charge in [-0.3, -0.25) is 15.0 Å². The predicted molar refractivity (Wildman–Crippen MR) is 81.2 cm³/mol. The summed E-state index contributed by atoms with van der Waals surface area (Å²) >= 11 is 0. The van der Waals surface area contributed by atoms with E-state index < -0.39 is 0 Å².